The van der Waals surface area contributed by atoms with Crippen molar-refractivity contribution in [2.45, 2.75) is 37.8 Å². The van der Waals surface area contributed by atoms with Crippen LogP contribution in [0.1, 0.15) is 25.7 Å². The molecule has 0 atom stereocenters. The summed E-state index contributed by atoms with van der Waals surface area (Å²) >= 11 is 3.36. The van der Waals surface area contributed by atoms with Gasteiger partial charge in [-0.15, -0.1) is 0 Å². The number of hydrogen-bond donors (Lipinski definition) is 1. The Morgan fingerprint density at radius 3 is 2.60 bits per heavy atom. The van der Waals surface area contributed by atoms with Gasteiger partial charge in [-0.05, 0) is 49.9 Å². The number of nitrogens with zero attached hydrogens (tertiary/aromatic N) is 3. The molecule has 0 aliphatic heterocycles. The first-order valence-corrected chi connectivity index (χ1v) is 7.50. The van der Waals surface area contributed by atoms with Crippen LogP contribution in [0, 0.1) is 0 Å². The van der Waals surface area contributed by atoms with E-state index < -0.39 is 5.60 Å². The Kier molecular flexibility index (Phi) is 3.52. The third kappa shape index (κ3) is 2.58. The Morgan fingerprint density at radius 1 is 1.30 bits per heavy atom. The van der Waals surface area contributed by atoms with Crippen molar-refractivity contribution in [2.75, 3.05) is 0 Å². The number of halogens is 1. The molecule has 1 aromatic heterocycles. The SMILES string of the molecule is O=c1n(CCC2(O)CCC2)cnn1-c1ccc(Br)cc1. The highest BCUT2D eigenvalue weighted by atomic mass is 79.9. The normalized spacial score (nSPS) is 16.9. The van der Waals surface area contributed by atoms with Crippen molar-refractivity contribution >= 4 is 15.9 Å². The monoisotopic (exact) mass is 337 g/mol. The molecule has 5 nitrogen and oxygen atoms in total. The maximum atomic E-state index is 12.2. The highest BCUT2D eigenvalue weighted by Gasteiger charge is 2.33. The standard InChI is InChI=1S/C14H16BrN3O2/c15-11-2-4-12(5-3-11)18-13(19)17(10-16-18)9-8-14(20)6-1-7-14/h2-5,10,20H,1,6-9H2. The molecule has 1 heterocycles. The number of aromatic nitrogens is 3. The molecule has 0 spiro atoms. The van der Waals surface area contributed by atoms with Crippen LogP contribution in [0.5, 0.6) is 0 Å². The molecule has 1 aromatic carbocycles. The molecule has 2 aromatic rings. The lowest BCUT2D eigenvalue weighted by atomic mass is 9.78. The predicted octanol–water partition coefficient (Wildman–Crippen LogP) is 2.10. The second kappa shape index (κ2) is 5.18. The zero-order chi connectivity index (χ0) is 14.2. The summed E-state index contributed by atoms with van der Waals surface area (Å²) in [6.45, 7) is 0.506. The molecule has 6 heteroatoms. The van der Waals surface area contributed by atoms with Gasteiger partial charge in [-0.2, -0.15) is 9.78 Å². The molecule has 3 rings (SSSR count). The Hall–Kier alpha value is -1.40. The van der Waals surface area contributed by atoms with Crippen LogP contribution >= 0.6 is 15.9 Å². The molecule has 1 aliphatic rings. The second-order valence-electron chi connectivity index (χ2n) is 5.32. The van der Waals surface area contributed by atoms with E-state index in [4.69, 9.17) is 0 Å². The van der Waals surface area contributed by atoms with E-state index in [1.807, 2.05) is 24.3 Å². The molecule has 0 bridgehead atoms. The van der Waals surface area contributed by atoms with Crippen LogP contribution < -0.4 is 5.69 Å². The van der Waals surface area contributed by atoms with Crippen LogP contribution in [0.4, 0.5) is 0 Å². The molecule has 0 radical (unpaired) electrons. The molecule has 0 amide bonds. The van der Waals surface area contributed by atoms with E-state index in [1.54, 1.807) is 4.57 Å². The lowest BCUT2D eigenvalue weighted by Crippen LogP contribution is -2.38. The Labute approximate surface area is 125 Å². The average molecular weight is 338 g/mol. The van der Waals surface area contributed by atoms with Gasteiger partial charge in [0.2, 0.25) is 0 Å². The highest BCUT2D eigenvalue weighted by Crippen LogP contribution is 2.34. The van der Waals surface area contributed by atoms with Gasteiger partial charge in [0, 0.05) is 11.0 Å². The van der Waals surface area contributed by atoms with Crippen LogP contribution in [-0.4, -0.2) is 25.1 Å². The van der Waals surface area contributed by atoms with Gasteiger partial charge < -0.3 is 5.11 Å². The smallest absolute Gasteiger partial charge is 0.350 e. The van der Waals surface area contributed by atoms with E-state index in [1.165, 1.54) is 11.0 Å². The van der Waals surface area contributed by atoms with Gasteiger partial charge in [0.25, 0.3) is 0 Å². The topological polar surface area (TPSA) is 60.1 Å². The molecule has 1 fully saturated rings. The first-order valence-electron chi connectivity index (χ1n) is 6.70. The summed E-state index contributed by atoms with van der Waals surface area (Å²) in [7, 11) is 0. The van der Waals surface area contributed by atoms with Crippen molar-refractivity contribution in [2.24, 2.45) is 0 Å². The van der Waals surface area contributed by atoms with Crippen LogP contribution in [-0.2, 0) is 6.54 Å². The van der Waals surface area contributed by atoms with Gasteiger partial charge in [0.05, 0.1) is 11.3 Å². The summed E-state index contributed by atoms with van der Waals surface area (Å²) in [6.07, 6.45) is 4.89. The summed E-state index contributed by atoms with van der Waals surface area (Å²) in [4.78, 5) is 12.2. The maximum absolute atomic E-state index is 12.2. The number of aliphatic hydroxyl groups is 1. The molecule has 0 saturated heterocycles. The van der Waals surface area contributed by atoms with Gasteiger partial charge >= 0.3 is 5.69 Å². The Bertz CT molecular complexity index is 656. The van der Waals surface area contributed by atoms with Crippen molar-refractivity contribution in [3.8, 4) is 5.69 Å². The number of benzene rings is 1. The molecule has 1 aliphatic carbocycles. The summed E-state index contributed by atoms with van der Waals surface area (Å²) in [6, 6.07) is 7.42. The minimum absolute atomic E-state index is 0.171. The summed E-state index contributed by atoms with van der Waals surface area (Å²) in [5.41, 5.74) is -0.00589. The van der Waals surface area contributed by atoms with Gasteiger partial charge in [-0.3, -0.25) is 4.57 Å². The average Bonchev–Trinajstić information content (AvgIpc) is 2.77. The first kappa shape index (κ1) is 13.6. The maximum Gasteiger partial charge on any atom is 0.350 e. The van der Waals surface area contributed by atoms with E-state index in [9.17, 15) is 9.90 Å². The lowest BCUT2D eigenvalue weighted by molar-refractivity contribution is -0.0434. The van der Waals surface area contributed by atoms with Crippen LogP contribution in [0.25, 0.3) is 5.69 Å². The molecule has 106 valence electrons. The molecule has 0 unspecified atom stereocenters. The second-order valence-corrected chi connectivity index (χ2v) is 6.24. The number of hydrogen-bond acceptors (Lipinski definition) is 3. The lowest BCUT2D eigenvalue weighted by Gasteiger charge is -2.36. The fourth-order valence-corrected chi connectivity index (χ4v) is 2.67. The van der Waals surface area contributed by atoms with Crippen molar-refractivity contribution < 1.29 is 5.11 Å². The molecule has 1 saturated carbocycles. The highest BCUT2D eigenvalue weighted by molar-refractivity contribution is 9.10. The minimum Gasteiger partial charge on any atom is -0.390 e. The number of rotatable bonds is 4. The Morgan fingerprint density at radius 2 is 2.00 bits per heavy atom. The van der Waals surface area contributed by atoms with Crippen molar-refractivity contribution in [1.82, 2.24) is 14.3 Å². The fourth-order valence-electron chi connectivity index (χ4n) is 2.41. The number of aryl methyl sites for hydroxylation is 1. The van der Waals surface area contributed by atoms with E-state index in [0.717, 1.165) is 29.4 Å². The third-order valence-corrected chi connectivity index (χ3v) is 4.44. The third-order valence-electron chi connectivity index (χ3n) is 3.91. The van der Waals surface area contributed by atoms with E-state index >= 15 is 0 Å². The van der Waals surface area contributed by atoms with Crippen LogP contribution in [0.2, 0.25) is 0 Å². The molecule has 20 heavy (non-hydrogen) atoms. The van der Waals surface area contributed by atoms with Gasteiger partial charge in [-0.25, -0.2) is 4.79 Å². The van der Waals surface area contributed by atoms with Crippen molar-refractivity contribution in [3.63, 3.8) is 0 Å². The first-order chi connectivity index (χ1) is 9.57. The minimum atomic E-state index is -0.570. The zero-order valence-corrected chi connectivity index (χ0v) is 12.6. The summed E-state index contributed by atoms with van der Waals surface area (Å²) < 4.78 is 3.89. The van der Waals surface area contributed by atoms with Gasteiger partial charge in [0.1, 0.15) is 6.33 Å². The van der Waals surface area contributed by atoms with Gasteiger partial charge in [0.15, 0.2) is 0 Å². The quantitative estimate of drug-likeness (QED) is 0.929. The predicted molar refractivity (Wildman–Crippen MR) is 78.9 cm³/mol. The largest absolute Gasteiger partial charge is 0.390 e. The fraction of sp³-hybridized carbons (Fsp3) is 0.429. The molecular weight excluding hydrogens is 322 g/mol. The zero-order valence-electron chi connectivity index (χ0n) is 11.0. The van der Waals surface area contributed by atoms with Gasteiger partial charge in [-0.1, -0.05) is 15.9 Å². The van der Waals surface area contributed by atoms with Crippen molar-refractivity contribution in [1.29, 1.82) is 0 Å². The van der Waals surface area contributed by atoms with Crippen LogP contribution in [0.3, 0.4) is 0 Å². The van der Waals surface area contributed by atoms with E-state index in [2.05, 4.69) is 21.0 Å². The van der Waals surface area contributed by atoms with E-state index in [-0.39, 0.29) is 5.69 Å². The summed E-state index contributed by atoms with van der Waals surface area (Å²) in [5, 5.41) is 14.2. The molecular formula is C14H16BrN3O2. The van der Waals surface area contributed by atoms with Crippen molar-refractivity contribution in [3.05, 3.63) is 45.5 Å². The summed E-state index contributed by atoms with van der Waals surface area (Å²) in [5.74, 6) is 0. The van der Waals surface area contributed by atoms with E-state index in [0.29, 0.717) is 13.0 Å². The van der Waals surface area contributed by atoms with Crippen LogP contribution in [0.15, 0.2) is 39.9 Å². The molecule has 1 N–H and O–H groups in total. The Balaban J connectivity index is 1.78.